The Morgan fingerprint density at radius 3 is 1.45 bits per heavy atom. The minimum atomic E-state index is -3.73. The summed E-state index contributed by atoms with van der Waals surface area (Å²) in [5.74, 6) is 0.605. The maximum atomic E-state index is 13.8. The Hall–Kier alpha value is -4.80. The largest absolute Gasteiger partial charge is 0.497 e. The molecule has 6 aromatic rings. The summed E-state index contributed by atoms with van der Waals surface area (Å²) in [6, 6.07) is 18.2. The van der Waals surface area contributed by atoms with Gasteiger partial charge in [0, 0.05) is 91.4 Å². The lowest BCUT2D eigenvalue weighted by Gasteiger charge is -2.34. The number of halogens is 4. The van der Waals surface area contributed by atoms with Crippen LogP contribution in [0.2, 0.25) is 10.0 Å². The summed E-state index contributed by atoms with van der Waals surface area (Å²) in [6.07, 6.45) is 0. The first-order valence-corrected chi connectivity index (χ1v) is 24.8. The first-order valence-electron chi connectivity index (χ1n) is 19.4. The van der Waals surface area contributed by atoms with E-state index in [4.69, 9.17) is 42.1 Å². The van der Waals surface area contributed by atoms with Crippen LogP contribution in [0.15, 0.2) is 93.3 Å². The van der Waals surface area contributed by atoms with E-state index < -0.39 is 31.7 Å². The van der Waals surface area contributed by atoms with Gasteiger partial charge in [0.1, 0.15) is 44.4 Å². The zero-order chi connectivity index (χ0) is 45.8. The summed E-state index contributed by atoms with van der Waals surface area (Å²) < 4.78 is 104. The highest BCUT2D eigenvalue weighted by atomic mass is 35.5. The van der Waals surface area contributed by atoms with Crippen LogP contribution in [0.4, 0.5) is 19.0 Å². The highest BCUT2D eigenvalue weighted by Crippen LogP contribution is 2.36. The van der Waals surface area contributed by atoms with Crippen molar-refractivity contribution < 1.29 is 44.6 Å². The summed E-state index contributed by atoms with van der Waals surface area (Å²) in [7, 11) is -1.58. The average Bonchev–Trinajstić information content (AvgIpc) is 4.01. The molecule has 2 aliphatic rings. The lowest BCUT2D eigenvalue weighted by molar-refractivity contribution is 0.369. The van der Waals surface area contributed by atoms with E-state index in [1.165, 1.54) is 96.1 Å². The van der Waals surface area contributed by atoms with E-state index >= 15 is 0 Å². The van der Waals surface area contributed by atoms with Crippen LogP contribution in [-0.4, -0.2) is 116 Å². The zero-order valence-electron chi connectivity index (χ0n) is 34.8. The second kappa shape index (κ2) is 20.2. The number of hydrogen-bond acceptors (Lipinski definition) is 14. The second-order valence-electron chi connectivity index (χ2n) is 14.1. The van der Waals surface area contributed by atoms with Gasteiger partial charge in [0.2, 0.25) is 20.0 Å². The smallest absolute Gasteiger partial charge is 0.246 e. The molecular weight excluding hydrogens is 954 g/mol. The van der Waals surface area contributed by atoms with Gasteiger partial charge in [-0.3, -0.25) is 0 Å². The molecule has 2 fully saturated rings. The highest BCUT2D eigenvalue weighted by molar-refractivity contribution is 7.89. The number of benzene rings is 4. The molecule has 0 aliphatic carbocycles. The fraction of sp³-hybridized carbons (Fsp3) is 0.286. The molecule has 22 heteroatoms. The lowest BCUT2D eigenvalue weighted by Crippen LogP contribution is -2.48. The number of piperazine rings is 2. The number of aromatic nitrogens is 2. The Bertz CT molecular complexity index is 2820. The van der Waals surface area contributed by atoms with Crippen molar-refractivity contribution in [2.45, 2.75) is 9.79 Å². The molecule has 14 nitrogen and oxygen atoms in total. The molecule has 4 aromatic carbocycles. The van der Waals surface area contributed by atoms with Crippen LogP contribution in [0.1, 0.15) is 0 Å². The molecule has 8 rings (SSSR count). The standard InChI is InChI=1S/2C21H21ClFN3O4S2/c1-29-15-4-6-20(19(12-15)30-2)32(27,28)26-9-7-25(8-10-26)21-24-18(13-31-21)14-3-5-16(22)17(23)11-14;1-29-17-3-4-20(19(12-17)30-2)32(27,28)26-7-5-25(6-8-26)21-24-18(13-31-21)14-9-15(22)11-16(23)10-14/h3-6,11-13H,7-10H2,1-2H3;3-4,9-13H,5-8H2,1-2H3. The van der Waals surface area contributed by atoms with Crippen LogP contribution in [0.3, 0.4) is 0 Å². The van der Waals surface area contributed by atoms with E-state index in [1.807, 2.05) is 20.6 Å². The molecule has 0 unspecified atom stereocenters. The molecule has 0 N–H and O–H groups in total. The van der Waals surface area contributed by atoms with Crippen LogP contribution in [-0.2, 0) is 20.0 Å². The Morgan fingerprint density at radius 2 is 1.03 bits per heavy atom. The Kier molecular flexibility index (Phi) is 14.9. The molecule has 64 heavy (non-hydrogen) atoms. The average molecular weight is 996 g/mol. The van der Waals surface area contributed by atoms with Gasteiger partial charge < -0.3 is 28.7 Å². The fourth-order valence-electron chi connectivity index (χ4n) is 6.94. The van der Waals surface area contributed by atoms with Gasteiger partial charge in [0.25, 0.3) is 0 Å². The van der Waals surface area contributed by atoms with E-state index in [0.29, 0.717) is 91.4 Å². The summed E-state index contributed by atoms with van der Waals surface area (Å²) in [5.41, 5.74) is 2.52. The van der Waals surface area contributed by atoms with E-state index in [1.54, 1.807) is 36.4 Å². The predicted molar refractivity (Wildman–Crippen MR) is 246 cm³/mol. The molecular formula is C42H42Cl2F2N6O8S4. The lowest BCUT2D eigenvalue weighted by atomic mass is 10.2. The number of rotatable bonds is 12. The minimum Gasteiger partial charge on any atom is -0.497 e. The van der Waals surface area contributed by atoms with E-state index in [9.17, 15) is 25.6 Å². The van der Waals surface area contributed by atoms with Crippen LogP contribution in [0.5, 0.6) is 23.0 Å². The van der Waals surface area contributed by atoms with Crippen LogP contribution >= 0.6 is 45.9 Å². The fourth-order valence-corrected chi connectivity index (χ4v) is 12.2. The Balaban J connectivity index is 0.000000191. The maximum absolute atomic E-state index is 13.8. The van der Waals surface area contributed by atoms with Crippen molar-refractivity contribution >= 4 is 76.2 Å². The highest BCUT2D eigenvalue weighted by Gasteiger charge is 2.33. The summed E-state index contributed by atoms with van der Waals surface area (Å²) in [5, 5.41) is 5.57. The van der Waals surface area contributed by atoms with Crippen LogP contribution < -0.4 is 28.7 Å². The SMILES string of the molecule is COc1ccc(S(=O)(=O)N2CCN(c3nc(-c4cc(F)cc(Cl)c4)cs3)CC2)c(OC)c1.COc1ccc(S(=O)(=O)N2CCN(c3nc(-c4ccc(Cl)c(F)c4)cs3)CC2)c(OC)c1. The molecule has 2 aromatic heterocycles. The number of methoxy groups -OCH3 is 4. The van der Waals surface area contributed by atoms with Gasteiger partial charge in [0.15, 0.2) is 10.3 Å². The van der Waals surface area contributed by atoms with E-state index in [2.05, 4.69) is 9.97 Å². The van der Waals surface area contributed by atoms with Crippen molar-refractivity contribution in [1.82, 2.24) is 18.6 Å². The molecule has 0 radical (unpaired) electrons. The molecule has 0 bridgehead atoms. The van der Waals surface area contributed by atoms with Gasteiger partial charge in [-0.05, 0) is 54.6 Å². The third-order valence-electron chi connectivity index (χ3n) is 10.4. The predicted octanol–water partition coefficient (Wildman–Crippen LogP) is 8.26. The summed E-state index contributed by atoms with van der Waals surface area (Å²) in [6.45, 7) is 3.16. The first-order chi connectivity index (χ1) is 30.6. The second-order valence-corrected chi connectivity index (χ2v) is 20.5. The number of sulfonamides is 2. The van der Waals surface area contributed by atoms with Crippen LogP contribution in [0, 0.1) is 11.6 Å². The molecule has 0 saturated carbocycles. The van der Waals surface area contributed by atoms with Gasteiger partial charge in [-0.1, -0.05) is 29.3 Å². The summed E-state index contributed by atoms with van der Waals surface area (Å²) >= 11 is 14.6. The van der Waals surface area contributed by atoms with Gasteiger partial charge in [-0.25, -0.2) is 35.6 Å². The van der Waals surface area contributed by atoms with Gasteiger partial charge in [-0.2, -0.15) is 8.61 Å². The third-order valence-corrected chi connectivity index (χ3v) is 16.6. The van der Waals surface area contributed by atoms with E-state index in [-0.39, 0.29) is 26.3 Å². The molecule has 2 aliphatic heterocycles. The topological polar surface area (TPSA) is 144 Å². The van der Waals surface area contributed by atoms with E-state index in [0.717, 1.165) is 10.3 Å². The zero-order valence-corrected chi connectivity index (χ0v) is 39.6. The number of thiazole rings is 2. The quantitative estimate of drug-likeness (QED) is 0.116. The van der Waals surface area contributed by atoms with Crippen molar-refractivity contribution in [1.29, 1.82) is 0 Å². The minimum absolute atomic E-state index is 0.0648. The van der Waals surface area contributed by atoms with Crippen molar-refractivity contribution in [3.05, 3.63) is 105 Å². The van der Waals surface area contributed by atoms with Crippen molar-refractivity contribution in [3.63, 3.8) is 0 Å². The van der Waals surface area contributed by atoms with Gasteiger partial charge >= 0.3 is 0 Å². The summed E-state index contributed by atoms with van der Waals surface area (Å²) in [4.78, 5) is 13.5. The Morgan fingerprint density at radius 1 is 0.562 bits per heavy atom. The van der Waals surface area contributed by atoms with Crippen molar-refractivity contribution in [2.24, 2.45) is 0 Å². The number of hydrogen-bond donors (Lipinski definition) is 0. The maximum Gasteiger partial charge on any atom is 0.246 e. The monoisotopic (exact) mass is 994 g/mol. The number of nitrogens with zero attached hydrogens (tertiary/aromatic N) is 6. The normalized spacial score (nSPS) is 15.1. The molecule has 0 atom stereocenters. The van der Waals surface area contributed by atoms with Gasteiger partial charge in [-0.15, -0.1) is 22.7 Å². The van der Waals surface area contributed by atoms with Crippen molar-refractivity contribution in [3.8, 4) is 45.5 Å². The first kappa shape index (κ1) is 47.2. The molecule has 340 valence electrons. The molecule has 2 saturated heterocycles. The van der Waals surface area contributed by atoms with Gasteiger partial charge in [0.05, 0.1) is 44.8 Å². The molecule has 4 heterocycles. The molecule has 0 spiro atoms. The van der Waals surface area contributed by atoms with Crippen LogP contribution in [0.25, 0.3) is 22.5 Å². The number of anilines is 2. The Labute approximate surface area is 388 Å². The van der Waals surface area contributed by atoms with Crippen molar-refractivity contribution in [2.75, 3.05) is 90.6 Å². The third kappa shape index (κ3) is 10.3. The molecule has 0 amide bonds. The number of ether oxygens (including phenoxy) is 4.